The Kier molecular flexibility index (Phi) is 3.88. The molecule has 3 rings (SSSR count). The third-order valence-electron chi connectivity index (χ3n) is 3.06. The van der Waals surface area contributed by atoms with Crippen molar-refractivity contribution < 1.29 is 9.21 Å². The van der Waals surface area contributed by atoms with E-state index in [0.29, 0.717) is 23.8 Å². The van der Waals surface area contributed by atoms with Crippen LogP contribution in [0.3, 0.4) is 0 Å². The Morgan fingerprint density at radius 1 is 1.38 bits per heavy atom. The van der Waals surface area contributed by atoms with E-state index in [4.69, 9.17) is 16.0 Å². The molecule has 21 heavy (non-hydrogen) atoms. The zero-order chi connectivity index (χ0) is 14.7. The SMILES string of the molecule is O=C(/C=C/c1cnn(CCCl)c1)c1cc2ccccc2o1. The van der Waals surface area contributed by atoms with Gasteiger partial charge in [-0.15, -0.1) is 11.6 Å². The summed E-state index contributed by atoms with van der Waals surface area (Å²) in [7, 11) is 0. The van der Waals surface area contributed by atoms with Crippen molar-refractivity contribution in [3.63, 3.8) is 0 Å². The molecule has 0 aliphatic rings. The lowest BCUT2D eigenvalue weighted by Crippen LogP contribution is -1.98. The number of aromatic nitrogens is 2. The zero-order valence-corrected chi connectivity index (χ0v) is 12.0. The predicted molar refractivity (Wildman–Crippen MR) is 82.5 cm³/mol. The highest BCUT2D eigenvalue weighted by atomic mass is 35.5. The van der Waals surface area contributed by atoms with Crippen molar-refractivity contribution in [2.24, 2.45) is 0 Å². The van der Waals surface area contributed by atoms with Gasteiger partial charge in [0.15, 0.2) is 5.76 Å². The number of hydrogen-bond donors (Lipinski definition) is 0. The molecule has 0 spiro atoms. The van der Waals surface area contributed by atoms with Crippen LogP contribution < -0.4 is 0 Å². The van der Waals surface area contributed by atoms with Crippen molar-refractivity contribution in [1.82, 2.24) is 9.78 Å². The van der Waals surface area contributed by atoms with Crippen molar-refractivity contribution in [2.45, 2.75) is 6.54 Å². The molecule has 0 saturated carbocycles. The van der Waals surface area contributed by atoms with E-state index in [1.54, 1.807) is 23.0 Å². The second-order valence-corrected chi connectivity index (χ2v) is 4.95. The number of aryl methyl sites for hydroxylation is 1. The number of rotatable bonds is 5. The van der Waals surface area contributed by atoms with E-state index in [1.807, 2.05) is 30.5 Å². The van der Waals surface area contributed by atoms with Crippen LogP contribution in [0, 0.1) is 0 Å². The van der Waals surface area contributed by atoms with E-state index >= 15 is 0 Å². The molecule has 0 saturated heterocycles. The Morgan fingerprint density at radius 3 is 3.05 bits per heavy atom. The maximum Gasteiger partial charge on any atom is 0.221 e. The lowest BCUT2D eigenvalue weighted by Gasteiger charge is -1.92. The van der Waals surface area contributed by atoms with E-state index in [-0.39, 0.29) is 5.78 Å². The van der Waals surface area contributed by atoms with Gasteiger partial charge in [0.1, 0.15) is 5.58 Å². The Morgan fingerprint density at radius 2 is 2.24 bits per heavy atom. The monoisotopic (exact) mass is 300 g/mol. The fourth-order valence-electron chi connectivity index (χ4n) is 2.03. The number of benzene rings is 1. The first kappa shape index (κ1) is 13.6. The summed E-state index contributed by atoms with van der Waals surface area (Å²) in [5.41, 5.74) is 1.56. The third kappa shape index (κ3) is 3.06. The minimum Gasteiger partial charge on any atom is -0.453 e. The van der Waals surface area contributed by atoms with Crippen LogP contribution in [0.1, 0.15) is 16.1 Å². The van der Waals surface area contributed by atoms with Gasteiger partial charge in [-0.25, -0.2) is 0 Å². The molecule has 0 bridgehead atoms. The second-order valence-electron chi connectivity index (χ2n) is 4.57. The zero-order valence-electron chi connectivity index (χ0n) is 11.2. The summed E-state index contributed by atoms with van der Waals surface area (Å²) < 4.78 is 7.26. The Labute approximate surface area is 126 Å². The molecule has 1 aromatic carbocycles. The molecule has 0 radical (unpaired) electrons. The van der Waals surface area contributed by atoms with E-state index < -0.39 is 0 Å². The quantitative estimate of drug-likeness (QED) is 0.409. The minimum atomic E-state index is -0.170. The molecule has 106 valence electrons. The van der Waals surface area contributed by atoms with Gasteiger partial charge in [0.05, 0.1) is 12.7 Å². The number of alkyl halides is 1. The lowest BCUT2D eigenvalue weighted by atomic mass is 10.2. The van der Waals surface area contributed by atoms with E-state index in [9.17, 15) is 4.79 Å². The van der Waals surface area contributed by atoms with Gasteiger partial charge < -0.3 is 4.42 Å². The van der Waals surface area contributed by atoms with Crippen molar-refractivity contribution in [3.05, 3.63) is 60.1 Å². The third-order valence-corrected chi connectivity index (χ3v) is 3.23. The first-order chi connectivity index (χ1) is 10.3. The number of para-hydroxylation sites is 1. The number of nitrogens with zero attached hydrogens (tertiary/aromatic N) is 2. The molecule has 5 heteroatoms. The molecule has 0 unspecified atom stereocenters. The van der Waals surface area contributed by atoms with Crippen LogP contribution in [0.5, 0.6) is 0 Å². The molecular weight excluding hydrogens is 288 g/mol. The molecule has 0 N–H and O–H groups in total. The van der Waals surface area contributed by atoms with Crippen molar-refractivity contribution >= 4 is 34.4 Å². The fourth-order valence-corrected chi connectivity index (χ4v) is 2.21. The summed E-state index contributed by atoms with van der Waals surface area (Å²) in [6.45, 7) is 0.646. The van der Waals surface area contributed by atoms with Gasteiger partial charge in [-0.3, -0.25) is 9.48 Å². The summed E-state index contributed by atoms with van der Waals surface area (Å²) in [5.74, 6) is 0.667. The molecule has 0 fully saturated rings. The van der Waals surface area contributed by atoms with Gasteiger partial charge in [0.2, 0.25) is 5.78 Å². The number of carbonyl (C=O) groups is 1. The first-order valence-electron chi connectivity index (χ1n) is 6.55. The van der Waals surface area contributed by atoms with Crippen LogP contribution in [0.25, 0.3) is 17.0 Å². The van der Waals surface area contributed by atoms with Crippen molar-refractivity contribution in [1.29, 1.82) is 0 Å². The molecule has 4 nitrogen and oxygen atoms in total. The van der Waals surface area contributed by atoms with Crippen LogP contribution in [0.15, 0.2) is 53.2 Å². The topological polar surface area (TPSA) is 48.0 Å². The highest BCUT2D eigenvalue weighted by Crippen LogP contribution is 2.19. The summed E-state index contributed by atoms with van der Waals surface area (Å²) in [4.78, 5) is 12.1. The van der Waals surface area contributed by atoms with Gasteiger partial charge in [-0.05, 0) is 24.3 Å². The maximum absolute atomic E-state index is 12.1. The maximum atomic E-state index is 12.1. The van der Waals surface area contributed by atoms with Gasteiger partial charge in [-0.1, -0.05) is 18.2 Å². The largest absolute Gasteiger partial charge is 0.453 e. The average molecular weight is 301 g/mol. The van der Waals surface area contributed by atoms with E-state index in [2.05, 4.69) is 5.10 Å². The molecule has 0 aliphatic heterocycles. The summed E-state index contributed by atoms with van der Waals surface area (Å²) in [6.07, 6.45) is 6.73. The number of fused-ring (bicyclic) bond motifs is 1. The number of halogens is 1. The normalized spacial score (nSPS) is 11.5. The molecule has 0 amide bonds. The summed E-state index contributed by atoms with van der Waals surface area (Å²) in [5, 5.41) is 5.06. The predicted octanol–water partition coefficient (Wildman–Crippen LogP) is 3.76. The molecule has 2 aromatic heterocycles. The smallest absolute Gasteiger partial charge is 0.221 e. The summed E-state index contributed by atoms with van der Waals surface area (Å²) in [6, 6.07) is 9.29. The van der Waals surface area contributed by atoms with Crippen LogP contribution in [0.2, 0.25) is 0 Å². The molecule has 2 heterocycles. The first-order valence-corrected chi connectivity index (χ1v) is 7.09. The molecule has 3 aromatic rings. The highest BCUT2D eigenvalue weighted by molar-refractivity contribution is 6.17. The highest BCUT2D eigenvalue weighted by Gasteiger charge is 2.09. The number of furan rings is 1. The van der Waals surface area contributed by atoms with Crippen molar-refractivity contribution in [3.8, 4) is 0 Å². The lowest BCUT2D eigenvalue weighted by molar-refractivity contribution is 0.102. The van der Waals surface area contributed by atoms with Crippen LogP contribution in [-0.2, 0) is 6.54 Å². The Bertz CT molecular complexity index is 768. The number of hydrogen-bond acceptors (Lipinski definition) is 3. The van der Waals surface area contributed by atoms with Crippen LogP contribution >= 0.6 is 11.6 Å². The van der Waals surface area contributed by atoms with E-state index in [1.165, 1.54) is 6.08 Å². The van der Waals surface area contributed by atoms with Crippen LogP contribution in [-0.4, -0.2) is 21.4 Å². The number of carbonyl (C=O) groups excluding carboxylic acids is 1. The van der Waals surface area contributed by atoms with Gasteiger partial charge in [-0.2, -0.15) is 5.10 Å². The number of ketones is 1. The van der Waals surface area contributed by atoms with Gasteiger partial charge in [0, 0.05) is 23.0 Å². The molecule has 0 atom stereocenters. The van der Waals surface area contributed by atoms with Gasteiger partial charge >= 0.3 is 0 Å². The van der Waals surface area contributed by atoms with Crippen LogP contribution in [0.4, 0.5) is 0 Å². The second kappa shape index (κ2) is 5.97. The minimum absolute atomic E-state index is 0.170. The van der Waals surface area contributed by atoms with Crippen molar-refractivity contribution in [2.75, 3.05) is 5.88 Å². The standard InChI is InChI=1S/C16H13ClN2O2/c17-7-8-19-11-12(10-18-19)5-6-14(20)16-9-13-3-1-2-4-15(13)21-16/h1-6,9-11H,7-8H2/b6-5+. The fraction of sp³-hybridized carbons (Fsp3) is 0.125. The Balaban J connectivity index is 1.76. The number of allylic oxidation sites excluding steroid dienone is 1. The summed E-state index contributed by atoms with van der Waals surface area (Å²) >= 11 is 5.65. The van der Waals surface area contributed by atoms with E-state index in [0.717, 1.165) is 10.9 Å². The van der Waals surface area contributed by atoms with Gasteiger partial charge in [0.25, 0.3) is 0 Å². The Hall–Kier alpha value is -2.33. The average Bonchev–Trinajstić information content (AvgIpc) is 3.11. The molecular formula is C16H13ClN2O2. The molecule has 0 aliphatic carbocycles.